The van der Waals surface area contributed by atoms with Crippen molar-refractivity contribution in [3.8, 4) is 16.2 Å². The molecule has 26 heavy (non-hydrogen) atoms. The normalized spacial score (nSPS) is 10.8. The molecule has 4 rings (SSSR count). The number of imidazole rings is 1. The highest BCUT2D eigenvalue weighted by atomic mass is 32.1. The fourth-order valence-electron chi connectivity index (χ4n) is 2.57. The van der Waals surface area contributed by atoms with Gasteiger partial charge in [-0.25, -0.2) is 4.98 Å². The van der Waals surface area contributed by atoms with Gasteiger partial charge in [0.2, 0.25) is 0 Å². The number of pyridine rings is 1. The average molecular weight is 364 g/mol. The van der Waals surface area contributed by atoms with Crippen molar-refractivity contribution in [1.82, 2.24) is 19.7 Å². The molecule has 0 radical (unpaired) electrons. The van der Waals surface area contributed by atoms with E-state index in [-0.39, 0.29) is 5.91 Å². The maximum absolute atomic E-state index is 12.3. The lowest BCUT2D eigenvalue weighted by atomic mass is 10.2. The second kappa shape index (κ2) is 6.97. The van der Waals surface area contributed by atoms with E-state index in [2.05, 4.69) is 15.3 Å². The molecular formula is C19H16N4O2S. The monoisotopic (exact) mass is 364 g/mol. The molecule has 0 atom stereocenters. The summed E-state index contributed by atoms with van der Waals surface area (Å²) < 4.78 is 7.06. The molecule has 7 heteroatoms. The van der Waals surface area contributed by atoms with Gasteiger partial charge in [0.25, 0.3) is 5.91 Å². The second-order valence-corrected chi connectivity index (χ2v) is 6.69. The fraction of sp³-hybridized carbons (Fsp3) is 0.105. The molecule has 0 aliphatic heterocycles. The molecule has 4 aromatic rings. The van der Waals surface area contributed by atoms with Gasteiger partial charge >= 0.3 is 0 Å². The average Bonchev–Trinajstić information content (AvgIpc) is 3.26. The van der Waals surface area contributed by atoms with Crippen molar-refractivity contribution >= 4 is 22.2 Å². The number of aromatic nitrogens is 3. The highest BCUT2D eigenvalue weighted by Gasteiger charge is 2.13. The SMILES string of the molecule is COc1ccc(-c2cn3cc(C(=O)NCc4cccnc4)nc3s2)cc1. The molecule has 0 unspecified atom stereocenters. The Morgan fingerprint density at radius 3 is 2.77 bits per heavy atom. The van der Waals surface area contributed by atoms with E-state index in [9.17, 15) is 4.79 Å². The molecule has 3 heterocycles. The zero-order valence-corrected chi connectivity index (χ0v) is 14.9. The Hall–Kier alpha value is -3.19. The van der Waals surface area contributed by atoms with Crippen LogP contribution in [-0.4, -0.2) is 27.4 Å². The van der Waals surface area contributed by atoms with Gasteiger partial charge in [-0.05, 0) is 41.5 Å². The van der Waals surface area contributed by atoms with E-state index in [1.165, 1.54) is 11.3 Å². The van der Waals surface area contributed by atoms with Crippen molar-refractivity contribution in [2.75, 3.05) is 7.11 Å². The molecule has 6 nitrogen and oxygen atoms in total. The molecule has 1 N–H and O–H groups in total. The van der Waals surface area contributed by atoms with Crippen LogP contribution in [0.1, 0.15) is 16.1 Å². The number of ether oxygens (including phenoxy) is 1. The number of hydrogen-bond acceptors (Lipinski definition) is 5. The minimum atomic E-state index is -0.198. The molecule has 0 aliphatic rings. The van der Waals surface area contributed by atoms with Crippen LogP contribution >= 0.6 is 11.3 Å². The zero-order chi connectivity index (χ0) is 17.9. The minimum Gasteiger partial charge on any atom is -0.497 e. The largest absolute Gasteiger partial charge is 0.497 e. The highest BCUT2D eigenvalue weighted by Crippen LogP contribution is 2.29. The molecule has 3 aromatic heterocycles. The van der Waals surface area contributed by atoms with Gasteiger partial charge in [-0.15, -0.1) is 0 Å². The Morgan fingerprint density at radius 1 is 1.23 bits per heavy atom. The Balaban J connectivity index is 1.49. The number of amides is 1. The van der Waals surface area contributed by atoms with Crippen LogP contribution in [0.5, 0.6) is 5.75 Å². The molecule has 0 spiro atoms. The summed E-state index contributed by atoms with van der Waals surface area (Å²) in [5.74, 6) is 0.624. The maximum Gasteiger partial charge on any atom is 0.271 e. The van der Waals surface area contributed by atoms with Gasteiger partial charge in [-0.1, -0.05) is 17.4 Å². The van der Waals surface area contributed by atoms with Crippen molar-refractivity contribution in [3.63, 3.8) is 0 Å². The lowest BCUT2D eigenvalue weighted by Crippen LogP contribution is -2.23. The van der Waals surface area contributed by atoms with Crippen LogP contribution in [0.3, 0.4) is 0 Å². The van der Waals surface area contributed by atoms with E-state index >= 15 is 0 Å². The van der Waals surface area contributed by atoms with Crippen LogP contribution in [0.25, 0.3) is 15.4 Å². The summed E-state index contributed by atoms with van der Waals surface area (Å²) in [4.78, 5) is 22.6. The van der Waals surface area contributed by atoms with E-state index in [0.29, 0.717) is 12.2 Å². The summed E-state index contributed by atoms with van der Waals surface area (Å²) in [6, 6.07) is 11.6. The Morgan fingerprint density at radius 2 is 2.08 bits per heavy atom. The van der Waals surface area contributed by atoms with Crippen molar-refractivity contribution in [2.24, 2.45) is 0 Å². The van der Waals surface area contributed by atoms with Gasteiger partial charge in [-0.2, -0.15) is 0 Å². The minimum absolute atomic E-state index is 0.198. The number of carbonyl (C=O) groups is 1. The van der Waals surface area contributed by atoms with Crippen molar-refractivity contribution in [2.45, 2.75) is 6.54 Å². The van der Waals surface area contributed by atoms with Gasteiger partial charge < -0.3 is 10.1 Å². The first-order valence-electron chi connectivity index (χ1n) is 8.03. The topological polar surface area (TPSA) is 68.5 Å². The quantitative estimate of drug-likeness (QED) is 0.589. The lowest BCUT2D eigenvalue weighted by molar-refractivity contribution is 0.0946. The number of carbonyl (C=O) groups excluding carboxylic acids is 1. The summed E-state index contributed by atoms with van der Waals surface area (Å²) in [5.41, 5.74) is 2.44. The smallest absolute Gasteiger partial charge is 0.271 e. The fourth-order valence-corrected chi connectivity index (χ4v) is 3.54. The molecular weight excluding hydrogens is 348 g/mol. The second-order valence-electron chi connectivity index (χ2n) is 5.68. The van der Waals surface area contributed by atoms with Gasteiger partial charge in [0.1, 0.15) is 11.4 Å². The van der Waals surface area contributed by atoms with Crippen molar-refractivity contribution < 1.29 is 9.53 Å². The summed E-state index contributed by atoms with van der Waals surface area (Å²) in [7, 11) is 1.65. The molecule has 0 bridgehead atoms. The third kappa shape index (κ3) is 3.29. The predicted octanol–water partition coefficient (Wildman–Crippen LogP) is 3.40. The van der Waals surface area contributed by atoms with E-state index in [4.69, 9.17) is 4.74 Å². The number of rotatable bonds is 5. The van der Waals surface area contributed by atoms with E-state index in [0.717, 1.165) is 26.7 Å². The van der Waals surface area contributed by atoms with Crippen molar-refractivity contribution in [3.05, 3.63) is 72.4 Å². The predicted molar refractivity (Wildman–Crippen MR) is 100 cm³/mol. The van der Waals surface area contributed by atoms with Gasteiger partial charge in [0.15, 0.2) is 4.96 Å². The van der Waals surface area contributed by atoms with Gasteiger partial charge in [0, 0.05) is 31.3 Å². The Kier molecular flexibility index (Phi) is 4.37. The third-order valence-corrected chi connectivity index (χ3v) is 4.98. The van der Waals surface area contributed by atoms with Crippen LogP contribution in [0.15, 0.2) is 61.2 Å². The number of hydrogen-bond donors (Lipinski definition) is 1. The summed E-state index contributed by atoms with van der Waals surface area (Å²) in [6.45, 7) is 0.426. The van der Waals surface area contributed by atoms with E-state index in [1.807, 2.05) is 47.0 Å². The number of thiazole rings is 1. The van der Waals surface area contributed by atoms with E-state index < -0.39 is 0 Å². The maximum atomic E-state index is 12.3. The standard InChI is InChI=1S/C19H16N4O2S/c1-25-15-6-4-14(5-7-15)17-12-23-11-16(22-19(23)26-17)18(24)21-10-13-3-2-8-20-9-13/h2-9,11-12H,10H2,1H3,(H,21,24). The van der Waals surface area contributed by atoms with Crippen LogP contribution < -0.4 is 10.1 Å². The highest BCUT2D eigenvalue weighted by molar-refractivity contribution is 7.20. The van der Waals surface area contributed by atoms with Crippen LogP contribution in [0, 0.1) is 0 Å². The summed E-state index contributed by atoms with van der Waals surface area (Å²) >= 11 is 1.54. The van der Waals surface area contributed by atoms with Crippen LogP contribution in [0.4, 0.5) is 0 Å². The first-order valence-corrected chi connectivity index (χ1v) is 8.84. The number of nitrogens with zero attached hydrogens (tertiary/aromatic N) is 3. The molecule has 130 valence electrons. The Bertz CT molecular complexity index is 1010. The van der Waals surface area contributed by atoms with Gasteiger partial charge in [-0.3, -0.25) is 14.2 Å². The molecule has 0 saturated carbocycles. The van der Waals surface area contributed by atoms with Crippen LogP contribution in [-0.2, 0) is 6.54 Å². The first kappa shape index (κ1) is 16.3. The molecule has 1 aromatic carbocycles. The summed E-state index contributed by atoms with van der Waals surface area (Å²) in [5, 5.41) is 2.86. The third-order valence-electron chi connectivity index (χ3n) is 3.94. The van der Waals surface area contributed by atoms with Crippen molar-refractivity contribution in [1.29, 1.82) is 0 Å². The van der Waals surface area contributed by atoms with Gasteiger partial charge in [0.05, 0.1) is 12.0 Å². The number of nitrogens with one attached hydrogen (secondary N) is 1. The number of methoxy groups -OCH3 is 1. The molecule has 1 amide bonds. The lowest BCUT2D eigenvalue weighted by Gasteiger charge is -2.02. The summed E-state index contributed by atoms with van der Waals surface area (Å²) in [6.07, 6.45) is 7.16. The number of benzene rings is 1. The molecule has 0 fully saturated rings. The first-order chi connectivity index (χ1) is 12.7. The molecule has 0 saturated heterocycles. The number of fused-ring (bicyclic) bond motifs is 1. The van der Waals surface area contributed by atoms with E-state index in [1.54, 1.807) is 25.7 Å². The molecule has 0 aliphatic carbocycles. The van der Waals surface area contributed by atoms with Crippen LogP contribution in [0.2, 0.25) is 0 Å². The zero-order valence-electron chi connectivity index (χ0n) is 14.0. The Labute approximate surface area is 154 Å².